The fraction of sp³-hybridized carbons (Fsp3) is 0.500. The fourth-order valence-electron chi connectivity index (χ4n) is 2.91. The molecule has 0 aromatic carbocycles. The monoisotopic (exact) mass is 334 g/mol. The van der Waals surface area contributed by atoms with E-state index >= 15 is 0 Å². The number of fused-ring (bicyclic) bond motifs is 1. The minimum absolute atomic E-state index is 0.143. The van der Waals surface area contributed by atoms with E-state index in [-0.39, 0.29) is 24.5 Å². The SMILES string of the molecule is C=C1C(=O)O[C@@H]2/C=C(\COC(C)=O)CC/C=C(/C(=O)OC)CC[C@@H]12. The lowest BCUT2D eigenvalue weighted by Gasteiger charge is -2.18. The Balaban J connectivity index is 2.26. The number of carbonyl (C=O) groups is 3. The molecule has 1 heterocycles. The van der Waals surface area contributed by atoms with Crippen molar-refractivity contribution in [1.82, 2.24) is 0 Å². The van der Waals surface area contributed by atoms with E-state index < -0.39 is 12.1 Å². The summed E-state index contributed by atoms with van der Waals surface area (Å²) in [4.78, 5) is 34.8. The first-order valence-corrected chi connectivity index (χ1v) is 7.92. The van der Waals surface area contributed by atoms with E-state index in [2.05, 4.69) is 6.58 Å². The summed E-state index contributed by atoms with van der Waals surface area (Å²) < 4.78 is 15.3. The molecule has 1 aliphatic heterocycles. The molecule has 0 amide bonds. The fourth-order valence-corrected chi connectivity index (χ4v) is 2.91. The summed E-state index contributed by atoms with van der Waals surface area (Å²) in [5.74, 6) is -1.36. The molecule has 1 aliphatic carbocycles. The molecule has 0 spiro atoms. The Labute approximate surface area is 141 Å². The maximum Gasteiger partial charge on any atom is 0.334 e. The van der Waals surface area contributed by atoms with Gasteiger partial charge in [0, 0.05) is 24.0 Å². The van der Waals surface area contributed by atoms with E-state index in [1.54, 1.807) is 0 Å². The van der Waals surface area contributed by atoms with Crippen LogP contribution in [0.25, 0.3) is 0 Å². The predicted octanol–water partition coefficient (Wildman–Crippen LogP) is 2.25. The van der Waals surface area contributed by atoms with Gasteiger partial charge in [0.15, 0.2) is 0 Å². The first-order chi connectivity index (χ1) is 11.4. The number of hydrogen-bond acceptors (Lipinski definition) is 6. The summed E-state index contributed by atoms with van der Waals surface area (Å²) >= 11 is 0. The number of allylic oxidation sites excluding steroid dienone is 1. The number of ether oxygens (including phenoxy) is 3. The Morgan fingerprint density at radius 1 is 1.38 bits per heavy atom. The standard InChI is InChI=1S/C18H22O6/c1-11-15-8-7-14(18(21)22-3)6-4-5-13(10-23-12(2)19)9-16(15)24-17(11)20/h6,9,15-16H,1,4-5,7-8,10H2,2-3H3/b13-9-,14-6+/t15-,16+/m0/s1. The van der Waals surface area contributed by atoms with Crippen molar-refractivity contribution in [2.24, 2.45) is 5.92 Å². The average molecular weight is 334 g/mol. The molecule has 0 N–H and O–H groups in total. The molecular formula is C18H22O6. The van der Waals surface area contributed by atoms with Crippen LogP contribution >= 0.6 is 0 Å². The zero-order valence-electron chi connectivity index (χ0n) is 14.0. The lowest BCUT2D eigenvalue weighted by Crippen LogP contribution is -2.18. The third kappa shape index (κ3) is 4.34. The van der Waals surface area contributed by atoms with Crippen LogP contribution in [0.4, 0.5) is 0 Å². The summed E-state index contributed by atoms with van der Waals surface area (Å²) in [6.07, 6.45) is 5.52. The van der Waals surface area contributed by atoms with E-state index in [4.69, 9.17) is 14.2 Å². The molecule has 1 saturated heterocycles. The molecule has 0 aromatic rings. The Hall–Kier alpha value is -2.37. The van der Waals surface area contributed by atoms with Crippen molar-refractivity contribution in [3.63, 3.8) is 0 Å². The molecule has 24 heavy (non-hydrogen) atoms. The first-order valence-electron chi connectivity index (χ1n) is 7.92. The topological polar surface area (TPSA) is 78.9 Å². The van der Waals surface area contributed by atoms with Gasteiger partial charge in [-0.1, -0.05) is 12.7 Å². The largest absolute Gasteiger partial charge is 0.466 e. The molecule has 6 nitrogen and oxygen atoms in total. The second-order valence-electron chi connectivity index (χ2n) is 5.91. The van der Waals surface area contributed by atoms with Gasteiger partial charge in [0.2, 0.25) is 0 Å². The maximum absolute atomic E-state index is 11.9. The third-order valence-corrected chi connectivity index (χ3v) is 4.24. The van der Waals surface area contributed by atoms with Crippen LogP contribution in [0.5, 0.6) is 0 Å². The molecule has 1 fully saturated rings. The number of esters is 3. The smallest absolute Gasteiger partial charge is 0.334 e. The lowest BCUT2D eigenvalue weighted by molar-refractivity contribution is -0.140. The highest BCUT2D eigenvalue weighted by Gasteiger charge is 2.37. The van der Waals surface area contributed by atoms with Crippen LogP contribution in [0.3, 0.4) is 0 Å². The van der Waals surface area contributed by atoms with E-state index in [0.29, 0.717) is 36.8 Å². The number of hydrogen-bond donors (Lipinski definition) is 0. The van der Waals surface area contributed by atoms with Gasteiger partial charge in [-0.2, -0.15) is 0 Å². The summed E-state index contributed by atoms with van der Waals surface area (Å²) in [5.41, 5.74) is 1.84. The molecule has 0 saturated carbocycles. The second-order valence-corrected chi connectivity index (χ2v) is 5.91. The van der Waals surface area contributed by atoms with E-state index in [0.717, 1.165) is 5.57 Å². The highest BCUT2D eigenvalue weighted by Crippen LogP contribution is 2.34. The van der Waals surface area contributed by atoms with Crippen molar-refractivity contribution in [1.29, 1.82) is 0 Å². The zero-order valence-corrected chi connectivity index (χ0v) is 14.0. The van der Waals surface area contributed by atoms with Gasteiger partial charge >= 0.3 is 17.9 Å². The van der Waals surface area contributed by atoms with Gasteiger partial charge in [0.1, 0.15) is 12.7 Å². The van der Waals surface area contributed by atoms with E-state index in [1.807, 2.05) is 12.2 Å². The highest BCUT2D eigenvalue weighted by molar-refractivity contribution is 5.91. The number of rotatable bonds is 3. The van der Waals surface area contributed by atoms with Crippen LogP contribution < -0.4 is 0 Å². The highest BCUT2D eigenvalue weighted by atomic mass is 16.6. The Kier molecular flexibility index (Phi) is 5.95. The summed E-state index contributed by atoms with van der Waals surface area (Å²) in [5, 5.41) is 0. The van der Waals surface area contributed by atoms with Gasteiger partial charge in [0.25, 0.3) is 0 Å². The van der Waals surface area contributed by atoms with Gasteiger partial charge in [-0.05, 0) is 37.3 Å². The van der Waals surface area contributed by atoms with E-state index in [9.17, 15) is 14.4 Å². The molecule has 2 aliphatic rings. The van der Waals surface area contributed by atoms with Crippen LogP contribution in [0, 0.1) is 5.92 Å². The molecule has 130 valence electrons. The number of carbonyl (C=O) groups excluding carboxylic acids is 3. The molecular weight excluding hydrogens is 312 g/mol. The van der Waals surface area contributed by atoms with Crippen LogP contribution in [0.15, 0.2) is 35.5 Å². The van der Waals surface area contributed by atoms with Crippen molar-refractivity contribution in [3.8, 4) is 0 Å². The normalized spacial score (nSPS) is 28.6. The van der Waals surface area contributed by atoms with Gasteiger partial charge in [-0.25, -0.2) is 9.59 Å². The molecule has 0 aromatic heterocycles. The minimum atomic E-state index is -0.437. The minimum Gasteiger partial charge on any atom is -0.466 e. The van der Waals surface area contributed by atoms with Crippen molar-refractivity contribution in [2.75, 3.05) is 13.7 Å². The molecule has 0 bridgehead atoms. The van der Waals surface area contributed by atoms with Crippen LogP contribution in [0.2, 0.25) is 0 Å². The quantitative estimate of drug-likeness (QED) is 0.341. The molecule has 6 heteroatoms. The molecule has 2 atom stereocenters. The average Bonchev–Trinajstić information content (AvgIpc) is 2.82. The van der Waals surface area contributed by atoms with Gasteiger partial charge < -0.3 is 14.2 Å². The Morgan fingerprint density at radius 2 is 2.12 bits per heavy atom. The molecule has 2 rings (SSSR count). The van der Waals surface area contributed by atoms with Crippen molar-refractivity contribution in [2.45, 2.75) is 38.7 Å². The van der Waals surface area contributed by atoms with Crippen molar-refractivity contribution < 1.29 is 28.6 Å². The summed E-state index contributed by atoms with van der Waals surface area (Å²) in [7, 11) is 1.35. The maximum atomic E-state index is 11.9. The van der Waals surface area contributed by atoms with E-state index in [1.165, 1.54) is 14.0 Å². The van der Waals surface area contributed by atoms with Gasteiger partial charge in [-0.15, -0.1) is 0 Å². The summed E-state index contributed by atoms with van der Waals surface area (Å²) in [6.45, 7) is 5.30. The van der Waals surface area contributed by atoms with Crippen LogP contribution in [-0.4, -0.2) is 37.7 Å². The van der Waals surface area contributed by atoms with Crippen LogP contribution in [-0.2, 0) is 28.6 Å². The molecule has 0 radical (unpaired) electrons. The zero-order chi connectivity index (χ0) is 17.7. The number of methoxy groups -OCH3 is 1. The van der Waals surface area contributed by atoms with Gasteiger partial charge in [-0.3, -0.25) is 4.79 Å². The van der Waals surface area contributed by atoms with Crippen molar-refractivity contribution in [3.05, 3.63) is 35.5 Å². The van der Waals surface area contributed by atoms with Gasteiger partial charge in [0.05, 0.1) is 7.11 Å². The second kappa shape index (κ2) is 7.95. The third-order valence-electron chi connectivity index (χ3n) is 4.24. The molecule has 0 unspecified atom stereocenters. The first kappa shape index (κ1) is 18.0. The summed E-state index contributed by atoms with van der Waals surface area (Å²) in [6, 6.07) is 0. The van der Waals surface area contributed by atoms with Crippen LogP contribution in [0.1, 0.15) is 32.6 Å². The Morgan fingerprint density at radius 3 is 2.79 bits per heavy atom. The van der Waals surface area contributed by atoms with Crippen molar-refractivity contribution >= 4 is 17.9 Å². The Bertz CT molecular complexity index is 613. The predicted molar refractivity (Wildman–Crippen MR) is 85.8 cm³/mol. The lowest BCUT2D eigenvalue weighted by atomic mass is 9.87.